The molecule has 1 aromatic carbocycles. The Labute approximate surface area is 129 Å². The molecular weight excluding hydrogens is 302 g/mol. The van der Waals surface area contributed by atoms with Gasteiger partial charge in [0.15, 0.2) is 5.82 Å². The predicted molar refractivity (Wildman–Crippen MR) is 81.2 cm³/mol. The van der Waals surface area contributed by atoms with Crippen LogP contribution in [0.3, 0.4) is 0 Å². The number of amides is 1. The summed E-state index contributed by atoms with van der Waals surface area (Å²) < 4.78 is 13.8. The van der Waals surface area contributed by atoms with Crippen LogP contribution in [0.4, 0.5) is 4.39 Å². The first-order valence-corrected chi connectivity index (χ1v) is 6.86. The lowest BCUT2D eigenvalue weighted by Crippen LogP contribution is -2.56. The van der Waals surface area contributed by atoms with E-state index in [0.29, 0.717) is 5.92 Å². The quantitative estimate of drug-likeness (QED) is 0.879. The number of carbonyl (C=O) groups excluding carboxylic acids is 1. The molecule has 0 aromatic heterocycles. The highest BCUT2D eigenvalue weighted by Crippen LogP contribution is 2.20. The van der Waals surface area contributed by atoms with Crippen molar-refractivity contribution in [2.45, 2.75) is 32.4 Å². The Balaban J connectivity index is 0.00000200. The van der Waals surface area contributed by atoms with E-state index in [9.17, 15) is 9.18 Å². The lowest BCUT2D eigenvalue weighted by molar-refractivity contribution is 0.0893. The van der Waals surface area contributed by atoms with Crippen LogP contribution < -0.4 is 10.6 Å². The van der Waals surface area contributed by atoms with Gasteiger partial charge in [-0.05, 0) is 37.9 Å². The van der Waals surface area contributed by atoms with Gasteiger partial charge in [-0.2, -0.15) is 0 Å². The van der Waals surface area contributed by atoms with Crippen LogP contribution in [0.25, 0.3) is 0 Å². The fraction of sp³-hybridized carbons (Fsp3) is 0.500. The smallest absolute Gasteiger partial charge is 0.254 e. The molecule has 0 bridgehead atoms. The van der Waals surface area contributed by atoms with Gasteiger partial charge in [0, 0.05) is 12.1 Å². The molecule has 2 rings (SSSR count). The van der Waals surface area contributed by atoms with Gasteiger partial charge in [0.2, 0.25) is 0 Å². The zero-order chi connectivity index (χ0) is 14.0. The molecular formula is C14H19Cl2FN2O. The fourth-order valence-electron chi connectivity index (χ4n) is 2.51. The van der Waals surface area contributed by atoms with Crippen LogP contribution in [0.5, 0.6) is 0 Å². The van der Waals surface area contributed by atoms with Gasteiger partial charge in [-0.25, -0.2) is 4.39 Å². The van der Waals surface area contributed by atoms with E-state index in [-0.39, 0.29) is 35.1 Å². The molecule has 1 aliphatic rings. The van der Waals surface area contributed by atoms with Crippen molar-refractivity contribution in [3.63, 3.8) is 0 Å². The average Bonchev–Trinajstić information content (AvgIpc) is 2.37. The first-order chi connectivity index (χ1) is 9.00. The first-order valence-electron chi connectivity index (χ1n) is 6.49. The Morgan fingerprint density at radius 1 is 1.45 bits per heavy atom. The van der Waals surface area contributed by atoms with Gasteiger partial charge in [-0.1, -0.05) is 24.6 Å². The number of benzene rings is 1. The van der Waals surface area contributed by atoms with E-state index < -0.39 is 11.7 Å². The van der Waals surface area contributed by atoms with Crippen molar-refractivity contribution >= 4 is 29.9 Å². The molecule has 3 unspecified atom stereocenters. The van der Waals surface area contributed by atoms with Gasteiger partial charge in [-0.15, -0.1) is 12.4 Å². The lowest BCUT2D eigenvalue weighted by atomic mass is 9.89. The summed E-state index contributed by atoms with van der Waals surface area (Å²) in [7, 11) is 0. The summed E-state index contributed by atoms with van der Waals surface area (Å²) in [6.45, 7) is 5.06. The normalized spacial score (nSPS) is 25.7. The van der Waals surface area contributed by atoms with Crippen molar-refractivity contribution < 1.29 is 9.18 Å². The number of carbonyl (C=O) groups is 1. The van der Waals surface area contributed by atoms with Crippen LogP contribution in [-0.2, 0) is 0 Å². The minimum absolute atomic E-state index is 0. The molecule has 1 fully saturated rings. The summed E-state index contributed by atoms with van der Waals surface area (Å²) in [6, 6.07) is 4.63. The second-order valence-electron chi connectivity index (χ2n) is 5.11. The summed E-state index contributed by atoms with van der Waals surface area (Å²) in [5, 5.41) is 6.18. The predicted octanol–water partition coefficient (Wildman–Crippen LogP) is 3.02. The third-order valence-electron chi connectivity index (χ3n) is 3.71. The Bertz CT molecular complexity index is 474. The molecule has 1 saturated heterocycles. The Morgan fingerprint density at radius 2 is 2.15 bits per heavy atom. The van der Waals surface area contributed by atoms with Crippen molar-refractivity contribution in [2.24, 2.45) is 5.92 Å². The lowest BCUT2D eigenvalue weighted by Gasteiger charge is -2.36. The van der Waals surface area contributed by atoms with Crippen molar-refractivity contribution in [1.82, 2.24) is 10.6 Å². The minimum Gasteiger partial charge on any atom is -0.347 e. The van der Waals surface area contributed by atoms with Crippen molar-refractivity contribution in [1.29, 1.82) is 0 Å². The molecule has 0 radical (unpaired) electrons. The van der Waals surface area contributed by atoms with E-state index in [1.54, 1.807) is 6.07 Å². The summed E-state index contributed by atoms with van der Waals surface area (Å²) >= 11 is 5.69. The first kappa shape index (κ1) is 17.2. The molecule has 6 heteroatoms. The number of piperidine rings is 1. The third kappa shape index (κ3) is 3.62. The second-order valence-corrected chi connectivity index (χ2v) is 5.52. The maximum Gasteiger partial charge on any atom is 0.254 e. The van der Waals surface area contributed by atoms with Crippen LogP contribution in [0, 0.1) is 11.7 Å². The van der Waals surface area contributed by atoms with E-state index in [1.165, 1.54) is 12.1 Å². The van der Waals surface area contributed by atoms with Crippen LogP contribution in [-0.4, -0.2) is 24.5 Å². The zero-order valence-electron chi connectivity index (χ0n) is 11.5. The molecule has 2 N–H and O–H groups in total. The molecule has 1 aliphatic heterocycles. The van der Waals surface area contributed by atoms with Crippen LogP contribution in [0.1, 0.15) is 30.6 Å². The maximum atomic E-state index is 13.8. The van der Waals surface area contributed by atoms with E-state index in [0.717, 1.165) is 13.0 Å². The number of hydrogen-bond donors (Lipinski definition) is 2. The van der Waals surface area contributed by atoms with Crippen LogP contribution >= 0.6 is 24.0 Å². The molecule has 20 heavy (non-hydrogen) atoms. The fourth-order valence-corrected chi connectivity index (χ4v) is 2.69. The monoisotopic (exact) mass is 320 g/mol. The van der Waals surface area contributed by atoms with Gasteiger partial charge in [0.05, 0.1) is 10.6 Å². The summed E-state index contributed by atoms with van der Waals surface area (Å²) in [4.78, 5) is 12.1. The molecule has 0 saturated carbocycles. The molecule has 1 heterocycles. The maximum absolute atomic E-state index is 13.8. The largest absolute Gasteiger partial charge is 0.347 e. The Hall–Kier alpha value is -0.840. The van der Waals surface area contributed by atoms with Gasteiger partial charge < -0.3 is 10.6 Å². The Kier molecular flexibility index (Phi) is 6.24. The molecule has 1 amide bonds. The summed E-state index contributed by atoms with van der Waals surface area (Å²) in [6.07, 6.45) is 0.993. The SMILES string of the molecule is CC1CCNC(C)C1NC(=O)c1cccc(Cl)c1F.Cl. The summed E-state index contributed by atoms with van der Waals surface area (Å²) in [5.41, 5.74) is -0.00234. The van der Waals surface area contributed by atoms with Gasteiger partial charge >= 0.3 is 0 Å². The zero-order valence-corrected chi connectivity index (χ0v) is 13.0. The highest BCUT2D eigenvalue weighted by atomic mass is 35.5. The molecule has 1 aromatic rings. The number of rotatable bonds is 2. The van der Waals surface area contributed by atoms with Gasteiger partial charge in [0.25, 0.3) is 5.91 Å². The number of hydrogen-bond acceptors (Lipinski definition) is 2. The van der Waals surface area contributed by atoms with Crippen LogP contribution in [0.2, 0.25) is 5.02 Å². The van der Waals surface area contributed by atoms with Crippen molar-refractivity contribution in [3.8, 4) is 0 Å². The minimum atomic E-state index is -0.661. The second kappa shape index (κ2) is 7.25. The molecule has 112 valence electrons. The van der Waals surface area contributed by atoms with Gasteiger partial charge in [-0.3, -0.25) is 4.79 Å². The topological polar surface area (TPSA) is 41.1 Å². The highest BCUT2D eigenvalue weighted by molar-refractivity contribution is 6.31. The van der Waals surface area contributed by atoms with Gasteiger partial charge in [0.1, 0.15) is 0 Å². The third-order valence-corrected chi connectivity index (χ3v) is 4.00. The average molecular weight is 321 g/mol. The van der Waals surface area contributed by atoms with E-state index in [1.807, 2.05) is 6.92 Å². The number of halogens is 3. The Morgan fingerprint density at radius 3 is 2.80 bits per heavy atom. The highest BCUT2D eigenvalue weighted by Gasteiger charge is 2.29. The summed E-state index contributed by atoms with van der Waals surface area (Å²) in [5.74, 6) is -0.708. The molecule has 3 nitrogen and oxygen atoms in total. The standard InChI is InChI=1S/C14H18ClFN2O.ClH/c1-8-6-7-17-9(2)13(8)18-14(19)10-4-3-5-11(15)12(10)16;/h3-5,8-9,13,17H,6-7H2,1-2H3,(H,18,19);1H. The van der Waals surface area contributed by atoms with Crippen LogP contribution in [0.15, 0.2) is 18.2 Å². The van der Waals surface area contributed by atoms with E-state index >= 15 is 0 Å². The molecule has 0 aliphatic carbocycles. The van der Waals surface area contributed by atoms with E-state index in [2.05, 4.69) is 17.6 Å². The molecule has 0 spiro atoms. The van der Waals surface area contributed by atoms with Crippen molar-refractivity contribution in [2.75, 3.05) is 6.54 Å². The van der Waals surface area contributed by atoms with E-state index in [4.69, 9.17) is 11.6 Å². The van der Waals surface area contributed by atoms with Crippen molar-refractivity contribution in [3.05, 3.63) is 34.6 Å². The number of nitrogens with one attached hydrogen (secondary N) is 2. The molecule has 3 atom stereocenters.